The molecule has 0 bridgehead atoms. The molecule has 0 saturated heterocycles. The van der Waals surface area contributed by atoms with Gasteiger partial charge in [0.1, 0.15) is 0 Å². The normalized spacial score (nSPS) is 12.2. The number of allylic oxidation sites excluding steroid dienone is 4. The molecule has 0 unspecified atom stereocenters. The van der Waals surface area contributed by atoms with E-state index in [1.807, 2.05) is 97.3 Å². The first-order valence-corrected chi connectivity index (χ1v) is 16.7. The Hall–Kier alpha value is -7.05. The molecule has 0 atom stereocenters. The van der Waals surface area contributed by atoms with Crippen LogP contribution in [0.4, 0.5) is 17.3 Å². The van der Waals surface area contributed by atoms with Gasteiger partial charge in [-0.25, -0.2) is 9.97 Å². The molecule has 0 N–H and O–H groups in total. The number of anilines is 3. The zero-order valence-electron chi connectivity index (χ0n) is 27.6. The van der Waals surface area contributed by atoms with Gasteiger partial charge in [-0.15, -0.1) is 0 Å². The fourth-order valence-electron chi connectivity index (χ4n) is 6.87. The number of hydrogen-bond donors (Lipinski definition) is 0. The summed E-state index contributed by atoms with van der Waals surface area (Å²) in [6.45, 7) is 7.87. The third-order valence-electron chi connectivity index (χ3n) is 9.26. The molecule has 0 spiro atoms. The van der Waals surface area contributed by atoms with Gasteiger partial charge in [0, 0.05) is 39.0 Å². The van der Waals surface area contributed by atoms with Crippen LogP contribution in [0.3, 0.4) is 0 Å². The summed E-state index contributed by atoms with van der Waals surface area (Å²) in [6.07, 6.45) is 9.44. The van der Waals surface area contributed by atoms with Crippen LogP contribution in [0.15, 0.2) is 171 Å². The maximum absolute atomic E-state index is 5.31. The molecule has 9 rings (SSSR count). The van der Waals surface area contributed by atoms with Crippen molar-refractivity contribution < 1.29 is 0 Å². The number of fused-ring (bicyclic) bond motifs is 4. The van der Waals surface area contributed by atoms with Gasteiger partial charge in [0.2, 0.25) is 5.95 Å². The number of rotatable bonds is 7. The average Bonchev–Trinajstić information content (AvgIpc) is 3.20. The minimum absolute atomic E-state index is 0.506. The van der Waals surface area contributed by atoms with Crippen molar-refractivity contribution in [1.29, 1.82) is 0 Å². The second-order valence-corrected chi connectivity index (χ2v) is 12.3. The molecule has 3 aromatic heterocycles. The Bertz CT molecular complexity index is 2620. The van der Waals surface area contributed by atoms with E-state index in [2.05, 4.69) is 72.7 Å². The standard InChI is InChI=1S/C45H30N6/c1-3-14-29(4-2)32-19-13-20-33(25-32)34-23-24-38-36(26-34)37-27-46-28-40-41(37)42(47-38)35-21-11-12-22-39(35)51(40)45-49-43(30-15-7-5-8-16-30)48-44(50-45)31-17-9-6-10-18-31/h3-28H,1-2H2/b29-14+. The molecule has 8 aromatic rings. The summed E-state index contributed by atoms with van der Waals surface area (Å²) in [5.74, 6) is 1.69. The number of hydrogen-bond acceptors (Lipinski definition) is 6. The zero-order chi connectivity index (χ0) is 34.3. The molecule has 1 aliphatic rings. The molecule has 0 fully saturated rings. The van der Waals surface area contributed by atoms with Crippen molar-refractivity contribution >= 4 is 44.6 Å². The third kappa shape index (κ3) is 5.18. The van der Waals surface area contributed by atoms with Crippen molar-refractivity contribution in [3.63, 3.8) is 0 Å². The van der Waals surface area contributed by atoms with Crippen molar-refractivity contribution in [3.05, 3.63) is 177 Å². The first kappa shape index (κ1) is 30.0. The Labute approximate surface area is 295 Å². The highest BCUT2D eigenvalue weighted by atomic mass is 15.3. The third-order valence-corrected chi connectivity index (χ3v) is 9.26. The van der Waals surface area contributed by atoms with Crippen molar-refractivity contribution in [2.24, 2.45) is 0 Å². The van der Waals surface area contributed by atoms with Crippen LogP contribution in [0.1, 0.15) is 5.56 Å². The molecular formula is C45H30N6. The number of nitrogens with zero attached hydrogens (tertiary/aromatic N) is 6. The van der Waals surface area contributed by atoms with Gasteiger partial charge < -0.3 is 0 Å². The summed E-state index contributed by atoms with van der Waals surface area (Å²) in [5.41, 5.74) is 10.7. The molecule has 0 amide bonds. The van der Waals surface area contributed by atoms with Gasteiger partial charge >= 0.3 is 0 Å². The van der Waals surface area contributed by atoms with Crippen LogP contribution >= 0.6 is 0 Å². The van der Waals surface area contributed by atoms with Crippen molar-refractivity contribution in [1.82, 2.24) is 24.9 Å². The van der Waals surface area contributed by atoms with Crippen LogP contribution in [0.2, 0.25) is 0 Å². The van der Waals surface area contributed by atoms with Crippen LogP contribution in [-0.4, -0.2) is 24.9 Å². The molecule has 240 valence electrons. The molecule has 0 radical (unpaired) electrons. The SMILES string of the molecule is C=C/C=C(\C=C)c1cccc(-c2ccc3nc4c5c(cncc5c3c2)N(c2nc(-c3ccccc3)nc(-c3ccccc3)n2)c2ccccc2-4)c1. The van der Waals surface area contributed by atoms with Crippen LogP contribution in [0.5, 0.6) is 0 Å². The lowest BCUT2D eigenvalue weighted by Crippen LogP contribution is -2.19. The summed E-state index contributed by atoms with van der Waals surface area (Å²) in [6, 6.07) is 43.3. The van der Waals surface area contributed by atoms with E-state index in [1.165, 1.54) is 0 Å². The number of aromatic nitrogens is 5. The fourth-order valence-corrected chi connectivity index (χ4v) is 6.87. The summed E-state index contributed by atoms with van der Waals surface area (Å²) in [7, 11) is 0. The second kappa shape index (κ2) is 12.4. The highest BCUT2D eigenvalue weighted by Gasteiger charge is 2.30. The molecular weight excluding hydrogens is 625 g/mol. The van der Waals surface area contributed by atoms with E-state index in [-0.39, 0.29) is 0 Å². The highest BCUT2D eigenvalue weighted by molar-refractivity contribution is 6.19. The molecule has 5 aromatic carbocycles. The van der Waals surface area contributed by atoms with Crippen LogP contribution in [0, 0.1) is 0 Å². The molecule has 0 aliphatic carbocycles. The van der Waals surface area contributed by atoms with E-state index in [0.717, 1.165) is 77.7 Å². The molecule has 6 heteroatoms. The molecule has 6 nitrogen and oxygen atoms in total. The van der Waals surface area contributed by atoms with E-state index in [1.54, 1.807) is 6.08 Å². The van der Waals surface area contributed by atoms with Crippen LogP contribution < -0.4 is 4.90 Å². The zero-order valence-corrected chi connectivity index (χ0v) is 27.6. The Morgan fingerprint density at radius 1 is 0.569 bits per heavy atom. The second-order valence-electron chi connectivity index (χ2n) is 12.3. The number of pyridine rings is 2. The summed E-state index contributed by atoms with van der Waals surface area (Å²) in [5, 5.41) is 3.01. The van der Waals surface area contributed by atoms with E-state index < -0.39 is 0 Å². The summed E-state index contributed by atoms with van der Waals surface area (Å²) < 4.78 is 0. The maximum atomic E-state index is 5.31. The monoisotopic (exact) mass is 654 g/mol. The molecule has 4 heterocycles. The topological polar surface area (TPSA) is 67.7 Å². The van der Waals surface area contributed by atoms with Crippen LogP contribution in [0.25, 0.3) is 72.4 Å². The Balaban J connectivity index is 1.28. The predicted octanol–water partition coefficient (Wildman–Crippen LogP) is 11.2. The maximum Gasteiger partial charge on any atom is 0.238 e. The van der Waals surface area contributed by atoms with Crippen LogP contribution in [-0.2, 0) is 0 Å². The minimum atomic E-state index is 0.506. The quantitative estimate of drug-likeness (QED) is 0.126. The van der Waals surface area contributed by atoms with Gasteiger partial charge in [-0.2, -0.15) is 9.97 Å². The average molecular weight is 655 g/mol. The lowest BCUT2D eigenvalue weighted by atomic mass is 9.93. The van der Waals surface area contributed by atoms with Gasteiger partial charge in [0.25, 0.3) is 0 Å². The van der Waals surface area contributed by atoms with Gasteiger partial charge in [-0.3, -0.25) is 9.88 Å². The summed E-state index contributed by atoms with van der Waals surface area (Å²) >= 11 is 0. The Kier molecular flexibility index (Phi) is 7.33. The van der Waals surface area contributed by atoms with E-state index in [9.17, 15) is 0 Å². The number of benzene rings is 5. The molecule has 1 aliphatic heterocycles. The first-order valence-electron chi connectivity index (χ1n) is 16.7. The lowest BCUT2D eigenvalue weighted by Gasteiger charge is -2.31. The van der Waals surface area contributed by atoms with Gasteiger partial charge in [0.15, 0.2) is 11.6 Å². The molecule has 51 heavy (non-hydrogen) atoms. The van der Waals surface area contributed by atoms with E-state index in [4.69, 9.17) is 24.9 Å². The first-order chi connectivity index (χ1) is 25.2. The van der Waals surface area contributed by atoms with E-state index >= 15 is 0 Å². The van der Waals surface area contributed by atoms with Gasteiger partial charge in [-0.1, -0.05) is 135 Å². The largest absolute Gasteiger partial charge is 0.276 e. The lowest BCUT2D eigenvalue weighted by molar-refractivity contribution is 1.02. The fraction of sp³-hybridized carbons (Fsp3) is 0. The Morgan fingerprint density at radius 3 is 1.98 bits per heavy atom. The van der Waals surface area contributed by atoms with Crippen molar-refractivity contribution in [3.8, 4) is 45.2 Å². The highest BCUT2D eigenvalue weighted by Crippen LogP contribution is 2.50. The number of para-hydroxylation sites is 1. The van der Waals surface area contributed by atoms with E-state index in [0.29, 0.717) is 17.6 Å². The predicted molar refractivity (Wildman–Crippen MR) is 209 cm³/mol. The molecule has 0 saturated carbocycles. The smallest absolute Gasteiger partial charge is 0.238 e. The minimum Gasteiger partial charge on any atom is -0.276 e. The van der Waals surface area contributed by atoms with Crippen molar-refractivity contribution in [2.75, 3.05) is 4.90 Å². The summed E-state index contributed by atoms with van der Waals surface area (Å²) in [4.78, 5) is 27.4. The van der Waals surface area contributed by atoms with Crippen molar-refractivity contribution in [2.45, 2.75) is 0 Å². The van der Waals surface area contributed by atoms with Gasteiger partial charge in [-0.05, 0) is 46.5 Å². The Morgan fingerprint density at radius 2 is 1.25 bits per heavy atom. The van der Waals surface area contributed by atoms with Gasteiger partial charge in [0.05, 0.1) is 28.8 Å².